The van der Waals surface area contributed by atoms with Gasteiger partial charge in [0.25, 0.3) is 0 Å². The molecule has 204 valence electrons. The average molecular weight is 586 g/mol. The monoisotopic (exact) mass is 584 g/mol. The summed E-state index contributed by atoms with van der Waals surface area (Å²) in [6, 6.07) is 8.10. The maximum atomic E-state index is 13.3. The van der Waals surface area contributed by atoms with E-state index in [-0.39, 0.29) is 41.1 Å². The maximum Gasteiger partial charge on any atom is 0.341 e. The number of rotatable bonds is 9. The van der Waals surface area contributed by atoms with Crippen LogP contribution in [0.3, 0.4) is 0 Å². The van der Waals surface area contributed by atoms with Crippen molar-refractivity contribution in [3.05, 3.63) is 52.3 Å². The van der Waals surface area contributed by atoms with Crippen molar-refractivity contribution < 1.29 is 19.4 Å². The highest BCUT2D eigenvalue weighted by atomic mass is 79.9. The van der Waals surface area contributed by atoms with Crippen LogP contribution in [0.1, 0.15) is 80.5 Å². The van der Waals surface area contributed by atoms with Gasteiger partial charge in [0.1, 0.15) is 17.3 Å². The Morgan fingerprint density at radius 1 is 1.16 bits per heavy atom. The van der Waals surface area contributed by atoms with E-state index in [1.807, 2.05) is 17.0 Å². The zero-order valence-corrected chi connectivity index (χ0v) is 24.1. The van der Waals surface area contributed by atoms with Gasteiger partial charge in [0, 0.05) is 48.8 Å². The lowest BCUT2D eigenvalue weighted by atomic mass is 9.84. The van der Waals surface area contributed by atoms with Crippen LogP contribution in [0.4, 0.5) is 5.69 Å². The Bertz CT molecular complexity index is 1250. The molecule has 5 rings (SSSR count). The molecule has 1 aromatic heterocycles. The van der Waals surface area contributed by atoms with Crippen LogP contribution in [0.2, 0.25) is 0 Å². The van der Waals surface area contributed by atoms with Crippen molar-refractivity contribution in [3.63, 3.8) is 0 Å². The quantitative estimate of drug-likeness (QED) is 0.433. The molecular formula is C29H37BrN4O4. The molecule has 0 unspecified atom stereocenters. The van der Waals surface area contributed by atoms with Gasteiger partial charge in [-0.3, -0.25) is 10.2 Å². The van der Waals surface area contributed by atoms with E-state index in [1.54, 1.807) is 0 Å². The lowest BCUT2D eigenvalue weighted by molar-refractivity contribution is -0.139. The van der Waals surface area contributed by atoms with Gasteiger partial charge < -0.3 is 19.6 Å². The number of carboxylic acids is 1. The number of nitrogens with one attached hydrogen (secondary N) is 1. The zero-order valence-electron chi connectivity index (χ0n) is 22.4. The van der Waals surface area contributed by atoms with Crippen LogP contribution in [0.25, 0.3) is 0 Å². The first-order valence-electron chi connectivity index (χ1n) is 13.2. The summed E-state index contributed by atoms with van der Waals surface area (Å²) in [5, 5.41) is 17.9. The fourth-order valence-corrected chi connectivity index (χ4v) is 5.32. The molecule has 0 spiro atoms. The number of halogens is 1. The van der Waals surface area contributed by atoms with Crippen LogP contribution in [0.15, 0.2) is 24.3 Å². The van der Waals surface area contributed by atoms with E-state index in [9.17, 15) is 14.7 Å². The second-order valence-electron chi connectivity index (χ2n) is 11.6. The fraction of sp³-hybridized carbons (Fsp3) is 0.517. The summed E-state index contributed by atoms with van der Waals surface area (Å²) in [4.78, 5) is 33.3. The minimum Gasteiger partial charge on any atom is -0.479 e. The number of nitrogens with zero attached hydrogens (tertiary/aromatic N) is 3. The number of carbonyl (C=O) groups is 2. The number of fused-ring (bicyclic) bond motifs is 1. The number of ether oxygens (including phenoxy) is 1. The number of pyridine rings is 1. The predicted octanol–water partition coefficient (Wildman–Crippen LogP) is 4.85. The number of aliphatic carboxylic acids is 1. The summed E-state index contributed by atoms with van der Waals surface area (Å²) < 4.78 is 5.85. The minimum atomic E-state index is -1.01. The lowest BCUT2D eigenvalue weighted by Crippen LogP contribution is -2.31. The van der Waals surface area contributed by atoms with Crippen molar-refractivity contribution in [1.29, 1.82) is 5.41 Å². The summed E-state index contributed by atoms with van der Waals surface area (Å²) >= 11 is 0. The molecule has 0 atom stereocenters. The molecule has 2 N–H and O–H groups in total. The number of amidine groups is 1. The highest BCUT2D eigenvalue weighted by Gasteiger charge is 2.32. The molecule has 8 nitrogen and oxygen atoms in total. The second-order valence-corrected chi connectivity index (χ2v) is 11.6. The Labute approximate surface area is 234 Å². The molecule has 0 amide bonds. The van der Waals surface area contributed by atoms with Crippen LogP contribution in [0.5, 0.6) is 5.75 Å². The van der Waals surface area contributed by atoms with Gasteiger partial charge >= 0.3 is 5.97 Å². The van der Waals surface area contributed by atoms with Crippen molar-refractivity contribution in [2.45, 2.75) is 70.8 Å². The SMILES string of the molecule is Br.CC(C)(C)c1cc(CC(=O)CN2Cc3ccc(C4CC4)nc3C2=N)cc(N2CCCC2)c1OCC(=O)O. The van der Waals surface area contributed by atoms with E-state index in [0.29, 0.717) is 29.7 Å². The number of carbonyl (C=O) groups excluding carboxylic acids is 1. The van der Waals surface area contributed by atoms with E-state index < -0.39 is 12.6 Å². The van der Waals surface area contributed by atoms with E-state index in [1.165, 1.54) is 0 Å². The number of benzene rings is 1. The van der Waals surface area contributed by atoms with Crippen LogP contribution in [0, 0.1) is 5.41 Å². The highest BCUT2D eigenvalue weighted by Crippen LogP contribution is 2.42. The van der Waals surface area contributed by atoms with Gasteiger partial charge in [-0.15, -0.1) is 17.0 Å². The van der Waals surface area contributed by atoms with Gasteiger partial charge in [0.05, 0.1) is 12.2 Å². The fourth-order valence-electron chi connectivity index (χ4n) is 5.32. The summed E-state index contributed by atoms with van der Waals surface area (Å²) in [6.45, 7) is 8.26. The Balaban J connectivity index is 0.00000336. The topological polar surface area (TPSA) is 107 Å². The summed E-state index contributed by atoms with van der Waals surface area (Å²) in [6.07, 6.45) is 4.71. The van der Waals surface area contributed by atoms with Gasteiger partial charge in [-0.05, 0) is 48.8 Å². The Morgan fingerprint density at radius 3 is 2.50 bits per heavy atom. The number of hydrogen-bond acceptors (Lipinski definition) is 6. The maximum absolute atomic E-state index is 13.3. The largest absolute Gasteiger partial charge is 0.479 e. The molecule has 1 saturated heterocycles. The third-order valence-electron chi connectivity index (χ3n) is 7.39. The van der Waals surface area contributed by atoms with Crippen molar-refractivity contribution in [2.75, 3.05) is 31.1 Å². The first kappa shape index (κ1) is 28.1. The smallest absolute Gasteiger partial charge is 0.341 e. The highest BCUT2D eigenvalue weighted by molar-refractivity contribution is 8.93. The van der Waals surface area contributed by atoms with E-state index in [0.717, 1.165) is 66.8 Å². The van der Waals surface area contributed by atoms with Gasteiger partial charge in [0.15, 0.2) is 12.4 Å². The van der Waals surface area contributed by atoms with E-state index >= 15 is 0 Å². The number of Topliss-reactive ketones (excluding diaryl/α,β-unsaturated/α-hetero) is 1. The van der Waals surface area contributed by atoms with Crippen molar-refractivity contribution in [3.8, 4) is 5.75 Å². The standard InChI is InChI=1S/C29H36N4O4.BrH/c1-29(2,3)22-13-18(14-24(32-10-4-5-11-32)27(22)37-17-25(35)36)12-21(34)16-33-15-20-8-9-23(19-6-7-19)31-26(20)28(33)30;/h8-9,13-14,19,30H,4-7,10-12,15-17H2,1-3H3,(H,35,36);1H. The minimum absolute atomic E-state index is 0. The number of anilines is 1. The lowest BCUT2D eigenvalue weighted by Gasteiger charge is -2.29. The first-order chi connectivity index (χ1) is 17.6. The number of hydrogen-bond donors (Lipinski definition) is 2. The molecule has 2 aliphatic heterocycles. The second kappa shape index (κ2) is 11.0. The van der Waals surface area contributed by atoms with Gasteiger partial charge in [-0.2, -0.15) is 0 Å². The van der Waals surface area contributed by atoms with Crippen molar-refractivity contribution in [2.24, 2.45) is 0 Å². The first-order valence-corrected chi connectivity index (χ1v) is 13.2. The van der Waals surface area contributed by atoms with Gasteiger partial charge in [0.2, 0.25) is 0 Å². The number of aromatic nitrogens is 1. The molecule has 1 aromatic carbocycles. The molecule has 3 heterocycles. The Morgan fingerprint density at radius 2 is 1.87 bits per heavy atom. The van der Waals surface area contributed by atoms with Crippen LogP contribution in [-0.4, -0.2) is 58.8 Å². The molecule has 2 aromatic rings. The van der Waals surface area contributed by atoms with Crippen LogP contribution >= 0.6 is 17.0 Å². The molecule has 0 bridgehead atoms. The zero-order chi connectivity index (χ0) is 26.3. The molecule has 1 aliphatic carbocycles. The molecule has 38 heavy (non-hydrogen) atoms. The van der Waals surface area contributed by atoms with Crippen molar-refractivity contribution >= 4 is 40.3 Å². The third kappa shape index (κ3) is 6.03. The van der Waals surface area contributed by atoms with E-state index in [2.05, 4.69) is 37.8 Å². The predicted molar refractivity (Wildman–Crippen MR) is 152 cm³/mol. The van der Waals surface area contributed by atoms with Gasteiger partial charge in [-0.1, -0.05) is 32.9 Å². The number of ketones is 1. The Hall–Kier alpha value is -2.94. The summed E-state index contributed by atoms with van der Waals surface area (Å²) in [5.74, 6) is 0.474. The van der Waals surface area contributed by atoms with Crippen molar-refractivity contribution in [1.82, 2.24) is 9.88 Å². The van der Waals surface area contributed by atoms with E-state index in [4.69, 9.17) is 15.1 Å². The normalized spacial score (nSPS) is 16.9. The summed E-state index contributed by atoms with van der Waals surface area (Å²) in [7, 11) is 0. The molecule has 0 radical (unpaired) electrons. The molecule has 1 saturated carbocycles. The summed E-state index contributed by atoms with van der Waals surface area (Å²) in [5.41, 5.74) is 5.14. The molecule has 3 aliphatic rings. The average Bonchev–Trinajstić information content (AvgIpc) is 3.45. The van der Waals surface area contributed by atoms with Gasteiger partial charge in [-0.25, -0.2) is 9.78 Å². The molecule has 2 fully saturated rings. The number of carboxylic acid groups (broad SMARTS) is 1. The van der Waals surface area contributed by atoms with Crippen LogP contribution < -0.4 is 9.64 Å². The molecular weight excluding hydrogens is 548 g/mol. The Kier molecular flexibility index (Phi) is 8.16. The van der Waals surface area contributed by atoms with Crippen LogP contribution in [-0.2, 0) is 28.0 Å². The molecule has 9 heteroatoms. The third-order valence-corrected chi connectivity index (χ3v) is 7.39.